The molecule has 2 amide bonds. The van der Waals surface area contributed by atoms with Gasteiger partial charge < -0.3 is 10.6 Å². The van der Waals surface area contributed by atoms with E-state index in [0.29, 0.717) is 33.6 Å². The topological polar surface area (TPSA) is 58.2 Å². The maximum absolute atomic E-state index is 13.0. The zero-order valence-electron chi connectivity index (χ0n) is 17.8. The highest BCUT2D eigenvalue weighted by Crippen LogP contribution is 2.32. The van der Waals surface area contributed by atoms with Crippen molar-refractivity contribution in [2.75, 3.05) is 10.6 Å². The van der Waals surface area contributed by atoms with Crippen molar-refractivity contribution in [2.24, 2.45) is 0 Å². The van der Waals surface area contributed by atoms with Crippen LogP contribution in [0.25, 0.3) is 11.1 Å². The number of para-hydroxylation sites is 1. The van der Waals surface area contributed by atoms with E-state index >= 15 is 0 Å². The van der Waals surface area contributed by atoms with Crippen molar-refractivity contribution in [3.05, 3.63) is 120 Å². The molecule has 0 atom stereocenters. The maximum Gasteiger partial charge on any atom is 0.416 e. The van der Waals surface area contributed by atoms with E-state index in [4.69, 9.17) is 0 Å². The van der Waals surface area contributed by atoms with E-state index in [1.807, 2.05) is 6.07 Å². The van der Waals surface area contributed by atoms with Gasteiger partial charge in [0.05, 0.1) is 5.56 Å². The van der Waals surface area contributed by atoms with Gasteiger partial charge in [0.2, 0.25) is 0 Å². The zero-order valence-corrected chi connectivity index (χ0v) is 17.8. The van der Waals surface area contributed by atoms with Crippen molar-refractivity contribution < 1.29 is 22.8 Å². The third-order valence-corrected chi connectivity index (χ3v) is 5.11. The molecule has 0 aliphatic heterocycles. The molecule has 4 aromatic carbocycles. The number of nitrogens with one attached hydrogen (secondary N) is 2. The van der Waals surface area contributed by atoms with Crippen LogP contribution in [-0.2, 0) is 6.18 Å². The molecule has 0 aromatic heterocycles. The summed E-state index contributed by atoms with van der Waals surface area (Å²) in [6.45, 7) is 0. The first-order chi connectivity index (χ1) is 16.3. The summed E-state index contributed by atoms with van der Waals surface area (Å²) in [5.41, 5.74) is 1.92. The Hall–Kier alpha value is -4.39. The number of hydrogen-bond acceptors (Lipinski definition) is 2. The number of halogens is 3. The second-order valence-corrected chi connectivity index (χ2v) is 7.48. The van der Waals surface area contributed by atoms with Gasteiger partial charge in [0.1, 0.15) is 0 Å². The summed E-state index contributed by atoms with van der Waals surface area (Å²) in [6, 6.07) is 26.7. The lowest BCUT2D eigenvalue weighted by atomic mass is 9.98. The van der Waals surface area contributed by atoms with Crippen LogP contribution >= 0.6 is 0 Å². The maximum atomic E-state index is 13.0. The van der Waals surface area contributed by atoms with Gasteiger partial charge in [0.15, 0.2) is 0 Å². The first-order valence-electron chi connectivity index (χ1n) is 10.4. The number of alkyl halides is 3. The Morgan fingerprint density at radius 2 is 1.24 bits per heavy atom. The fraction of sp³-hybridized carbons (Fsp3) is 0.0370. The van der Waals surface area contributed by atoms with Crippen molar-refractivity contribution in [3.63, 3.8) is 0 Å². The molecule has 4 nitrogen and oxygen atoms in total. The normalized spacial score (nSPS) is 11.0. The quantitative estimate of drug-likeness (QED) is 0.341. The first kappa shape index (κ1) is 22.8. The molecule has 0 spiro atoms. The average Bonchev–Trinajstić information content (AvgIpc) is 2.84. The van der Waals surface area contributed by atoms with Gasteiger partial charge in [-0.3, -0.25) is 9.59 Å². The van der Waals surface area contributed by atoms with E-state index in [9.17, 15) is 22.8 Å². The summed E-state index contributed by atoms with van der Waals surface area (Å²) in [5.74, 6) is -0.774. The zero-order chi connectivity index (χ0) is 24.1. The minimum atomic E-state index is -4.44. The Balaban J connectivity index is 1.54. The number of rotatable bonds is 5. The second-order valence-electron chi connectivity index (χ2n) is 7.48. The van der Waals surface area contributed by atoms with Crippen LogP contribution < -0.4 is 10.6 Å². The van der Waals surface area contributed by atoms with Crippen LogP contribution in [0.2, 0.25) is 0 Å². The summed E-state index contributed by atoms with van der Waals surface area (Å²) in [7, 11) is 0. The highest BCUT2D eigenvalue weighted by molar-refractivity contribution is 6.10. The molecule has 0 saturated carbocycles. The number of carbonyl (C=O) groups is 2. The van der Waals surface area contributed by atoms with E-state index in [2.05, 4.69) is 10.6 Å². The molecule has 0 saturated heterocycles. The van der Waals surface area contributed by atoms with Crippen LogP contribution in [0.4, 0.5) is 24.5 Å². The number of amides is 2. The van der Waals surface area contributed by atoms with Crippen LogP contribution in [0.5, 0.6) is 0 Å². The van der Waals surface area contributed by atoms with Crippen LogP contribution in [0.1, 0.15) is 26.3 Å². The lowest BCUT2D eigenvalue weighted by molar-refractivity contribution is -0.137. The standard InChI is InChI=1S/C27H19F3N2O2/c28-27(29,30)20-15-13-18(14-16-20)23-11-4-5-12-24(23)26(34)32-22-10-6-7-19(17-22)25(33)31-21-8-2-1-3-9-21/h1-17H,(H,31,33)(H,32,34). The Labute approximate surface area is 194 Å². The second kappa shape index (κ2) is 9.62. The third-order valence-electron chi connectivity index (χ3n) is 5.11. The van der Waals surface area contributed by atoms with Crippen LogP contribution in [0.15, 0.2) is 103 Å². The van der Waals surface area contributed by atoms with Gasteiger partial charge in [-0.25, -0.2) is 0 Å². The summed E-state index contributed by atoms with van der Waals surface area (Å²) in [5, 5.41) is 5.55. The molecule has 7 heteroatoms. The fourth-order valence-electron chi connectivity index (χ4n) is 3.43. The molecule has 2 N–H and O–H groups in total. The molecule has 0 fully saturated rings. The Bertz CT molecular complexity index is 1320. The van der Waals surface area contributed by atoms with Gasteiger partial charge >= 0.3 is 6.18 Å². The Kier molecular flexibility index (Phi) is 6.45. The first-order valence-corrected chi connectivity index (χ1v) is 10.4. The number of hydrogen-bond donors (Lipinski definition) is 2. The minimum Gasteiger partial charge on any atom is -0.322 e. The SMILES string of the molecule is O=C(Nc1ccccc1)c1cccc(NC(=O)c2ccccc2-c2ccc(C(F)(F)F)cc2)c1. The molecule has 0 heterocycles. The van der Waals surface area contributed by atoms with Crippen LogP contribution in [-0.4, -0.2) is 11.8 Å². The lowest BCUT2D eigenvalue weighted by Gasteiger charge is -2.12. The molecular formula is C27H19F3N2O2. The molecule has 0 aliphatic carbocycles. The Morgan fingerprint density at radius 1 is 0.618 bits per heavy atom. The molecule has 0 radical (unpaired) electrons. The van der Waals surface area contributed by atoms with E-state index in [0.717, 1.165) is 12.1 Å². The smallest absolute Gasteiger partial charge is 0.322 e. The fourth-order valence-corrected chi connectivity index (χ4v) is 3.43. The van der Waals surface area contributed by atoms with Gasteiger partial charge in [-0.2, -0.15) is 13.2 Å². The summed E-state index contributed by atoms with van der Waals surface area (Å²) >= 11 is 0. The van der Waals surface area contributed by atoms with Gasteiger partial charge in [-0.15, -0.1) is 0 Å². The number of benzene rings is 4. The molecular weight excluding hydrogens is 441 g/mol. The summed E-state index contributed by atoms with van der Waals surface area (Å²) < 4.78 is 38.7. The predicted octanol–water partition coefficient (Wildman–Crippen LogP) is 6.88. The van der Waals surface area contributed by atoms with E-state index in [-0.39, 0.29) is 5.91 Å². The summed E-state index contributed by atoms with van der Waals surface area (Å²) in [4.78, 5) is 25.6. The predicted molar refractivity (Wildman–Crippen MR) is 126 cm³/mol. The largest absolute Gasteiger partial charge is 0.416 e. The molecule has 4 rings (SSSR count). The molecule has 170 valence electrons. The highest BCUT2D eigenvalue weighted by Gasteiger charge is 2.30. The number of anilines is 2. The number of carbonyl (C=O) groups excluding carboxylic acids is 2. The van der Waals surface area contributed by atoms with E-state index in [1.54, 1.807) is 72.8 Å². The van der Waals surface area contributed by atoms with Crippen molar-refractivity contribution in [1.29, 1.82) is 0 Å². The van der Waals surface area contributed by atoms with Crippen molar-refractivity contribution in [3.8, 4) is 11.1 Å². The molecule has 4 aromatic rings. The van der Waals surface area contributed by atoms with Crippen molar-refractivity contribution >= 4 is 23.2 Å². The minimum absolute atomic E-state index is 0.293. The van der Waals surface area contributed by atoms with Gasteiger partial charge in [0, 0.05) is 22.5 Å². The average molecular weight is 460 g/mol. The van der Waals surface area contributed by atoms with Crippen molar-refractivity contribution in [1.82, 2.24) is 0 Å². The van der Waals surface area contributed by atoms with E-state index < -0.39 is 17.6 Å². The van der Waals surface area contributed by atoms with Gasteiger partial charge in [-0.1, -0.05) is 54.6 Å². The van der Waals surface area contributed by atoms with Gasteiger partial charge in [0.25, 0.3) is 11.8 Å². The van der Waals surface area contributed by atoms with Crippen LogP contribution in [0.3, 0.4) is 0 Å². The monoisotopic (exact) mass is 460 g/mol. The highest BCUT2D eigenvalue weighted by atomic mass is 19.4. The summed E-state index contributed by atoms with van der Waals surface area (Å²) in [6.07, 6.45) is -4.44. The Morgan fingerprint density at radius 3 is 1.94 bits per heavy atom. The third kappa shape index (κ3) is 5.32. The van der Waals surface area contributed by atoms with E-state index in [1.165, 1.54) is 12.1 Å². The molecule has 0 unspecified atom stereocenters. The molecule has 34 heavy (non-hydrogen) atoms. The van der Waals surface area contributed by atoms with Crippen LogP contribution in [0, 0.1) is 0 Å². The molecule has 0 bridgehead atoms. The lowest BCUT2D eigenvalue weighted by Crippen LogP contribution is -2.15. The molecule has 0 aliphatic rings. The van der Waals surface area contributed by atoms with Gasteiger partial charge in [-0.05, 0) is 59.7 Å². The van der Waals surface area contributed by atoms with Crippen molar-refractivity contribution in [2.45, 2.75) is 6.18 Å².